The highest BCUT2D eigenvalue weighted by molar-refractivity contribution is 5.64. The van der Waals surface area contributed by atoms with E-state index in [0.29, 0.717) is 0 Å². The van der Waals surface area contributed by atoms with Crippen molar-refractivity contribution >= 4 is 0 Å². The largest absolute Gasteiger partial charge is 0.0654 e. The molecule has 0 N–H and O–H groups in total. The third-order valence-corrected chi connectivity index (χ3v) is 7.28. The van der Waals surface area contributed by atoms with Crippen molar-refractivity contribution in [1.29, 1.82) is 0 Å². The quantitative estimate of drug-likeness (QED) is 0.309. The lowest BCUT2D eigenvalue weighted by Gasteiger charge is -2.28. The highest BCUT2D eigenvalue weighted by Crippen LogP contribution is 2.38. The van der Waals surface area contributed by atoms with Gasteiger partial charge in [0.15, 0.2) is 0 Å². The van der Waals surface area contributed by atoms with Crippen molar-refractivity contribution in [3.05, 3.63) is 59.7 Å². The topological polar surface area (TPSA) is 0 Å². The number of hydrogen-bond donors (Lipinski definition) is 0. The molecule has 1 fully saturated rings. The average molecular weight is 405 g/mol. The Bertz CT molecular complexity index is 686. The molecule has 30 heavy (non-hydrogen) atoms. The number of benzene rings is 2. The Morgan fingerprint density at radius 1 is 0.600 bits per heavy atom. The Kier molecular flexibility index (Phi) is 10.0. The van der Waals surface area contributed by atoms with Crippen molar-refractivity contribution in [3.8, 4) is 11.1 Å². The summed E-state index contributed by atoms with van der Waals surface area (Å²) in [7, 11) is 0. The predicted molar refractivity (Wildman–Crippen MR) is 133 cm³/mol. The molecule has 0 unspecified atom stereocenters. The number of unbranched alkanes of at least 4 members (excludes halogenated alkanes) is 6. The summed E-state index contributed by atoms with van der Waals surface area (Å²) in [6.45, 7) is 4.62. The first kappa shape index (κ1) is 23.1. The first-order chi connectivity index (χ1) is 14.8. The lowest BCUT2D eigenvalue weighted by Crippen LogP contribution is -2.13. The van der Waals surface area contributed by atoms with Crippen LogP contribution in [-0.2, 0) is 6.42 Å². The van der Waals surface area contributed by atoms with Crippen molar-refractivity contribution < 1.29 is 0 Å². The van der Waals surface area contributed by atoms with Gasteiger partial charge in [-0.15, -0.1) is 0 Å². The summed E-state index contributed by atoms with van der Waals surface area (Å²) < 4.78 is 0. The molecule has 0 nitrogen and oxygen atoms in total. The zero-order valence-corrected chi connectivity index (χ0v) is 19.7. The van der Waals surface area contributed by atoms with Gasteiger partial charge < -0.3 is 0 Å². The smallest absolute Gasteiger partial charge is 0.0162 e. The lowest BCUT2D eigenvalue weighted by molar-refractivity contribution is 0.308. The van der Waals surface area contributed by atoms with E-state index in [4.69, 9.17) is 0 Å². The first-order valence-electron chi connectivity index (χ1n) is 13.0. The van der Waals surface area contributed by atoms with Crippen LogP contribution in [0.2, 0.25) is 0 Å². The van der Waals surface area contributed by atoms with Crippen molar-refractivity contribution in [3.63, 3.8) is 0 Å². The van der Waals surface area contributed by atoms with Crippen molar-refractivity contribution in [1.82, 2.24) is 0 Å². The maximum atomic E-state index is 2.40. The van der Waals surface area contributed by atoms with Crippen molar-refractivity contribution in [2.75, 3.05) is 0 Å². The molecule has 0 atom stereocenters. The molecule has 0 spiro atoms. The van der Waals surface area contributed by atoms with E-state index in [0.717, 1.165) is 11.8 Å². The molecule has 2 aromatic rings. The minimum absolute atomic E-state index is 0.788. The van der Waals surface area contributed by atoms with Gasteiger partial charge in [0.1, 0.15) is 0 Å². The normalized spacial score (nSPS) is 19.1. The molecule has 0 saturated heterocycles. The van der Waals surface area contributed by atoms with E-state index in [1.54, 1.807) is 5.56 Å². The van der Waals surface area contributed by atoms with Gasteiger partial charge in [0.05, 0.1) is 0 Å². The predicted octanol–water partition coefficient (Wildman–Crippen LogP) is 9.72. The summed E-state index contributed by atoms with van der Waals surface area (Å²) >= 11 is 0. The summed E-state index contributed by atoms with van der Waals surface area (Å²) in [6.07, 6.45) is 19.4. The van der Waals surface area contributed by atoms with E-state index in [1.807, 2.05) is 0 Å². The molecule has 0 aromatic heterocycles. The third-order valence-electron chi connectivity index (χ3n) is 7.28. The van der Waals surface area contributed by atoms with E-state index in [9.17, 15) is 0 Å². The lowest BCUT2D eigenvalue weighted by atomic mass is 9.77. The average Bonchev–Trinajstić information content (AvgIpc) is 2.80. The van der Waals surface area contributed by atoms with Gasteiger partial charge in [-0.2, -0.15) is 0 Å². The van der Waals surface area contributed by atoms with E-state index in [-0.39, 0.29) is 0 Å². The van der Waals surface area contributed by atoms with Gasteiger partial charge in [-0.25, -0.2) is 0 Å². The minimum Gasteiger partial charge on any atom is -0.0654 e. The Morgan fingerprint density at radius 2 is 1.17 bits per heavy atom. The maximum Gasteiger partial charge on any atom is -0.0162 e. The Morgan fingerprint density at radius 3 is 1.77 bits per heavy atom. The second-order valence-electron chi connectivity index (χ2n) is 9.70. The zero-order chi connectivity index (χ0) is 21.0. The molecular formula is C30H44. The fourth-order valence-electron chi connectivity index (χ4n) is 5.29. The second kappa shape index (κ2) is 13.0. The van der Waals surface area contributed by atoms with Gasteiger partial charge in [0.2, 0.25) is 0 Å². The summed E-state index contributed by atoms with van der Waals surface area (Å²) in [5.74, 6) is 1.78. The fourth-order valence-corrected chi connectivity index (χ4v) is 5.29. The van der Waals surface area contributed by atoms with Gasteiger partial charge in [-0.3, -0.25) is 0 Å². The number of aryl methyl sites for hydroxylation is 1. The van der Waals surface area contributed by atoms with Crippen LogP contribution < -0.4 is 0 Å². The van der Waals surface area contributed by atoms with Crippen molar-refractivity contribution in [2.24, 2.45) is 5.92 Å². The summed E-state index contributed by atoms with van der Waals surface area (Å²) in [6, 6.07) is 18.8. The van der Waals surface area contributed by atoms with Crippen LogP contribution in [0.5, 0.6) is 0 Å². The molecular weight excluding hydrogens is 360 g/mol. The van der Waals surface area contributed by atoms with Crippen LogP contribution in [0, 0.1) is 5.92 Å². The molecule has 0 aliphatic heterocycles. The van der Waals surface area contributed by atoms with Gasteiger partial charge in [0, 0.05) is 0 Å². The highest BCUT2D eigenvalue weighted by Gasteiger charge is 2.21. The summed E-state index contributed by atoms with van der Waals surface area (Å²) in [5, 5.41) is 0. The molecule has 1 aliphatic carbocycles. The maximum absolute atomic E-state index is 2.40. The molecule has 2 aromatic carbocycles. The molecule has 0 bridgehead atoms. The van der Waals surface area contributed by atoms with Crippen LogP contribution in [0.4, 0.5) is 0 Å². The van der Waals surface area contributed by atoms with E-state index in [1.165, 1.54) is 107 Å². The van der Waals surface area contributed by atoms with Gasteiger partial charge in [-0.1, -0.05) is 114 Å². The zero-order valence-electron chi connectivity index (χ0n) is 19.7. The van der Waals surface area contributed by atoms with Gasteiger partial charge >= 0.3 is 0 Å². The fraction of sp³-hybridized carbons (Fsp3) is 0.600. The summed E-state index contributed by atoms with van der Waals surface area (Å²) in [4.78, 5) is 0. The van der Waals surface area contributed by atoms with Gasteiger partial charge in [0.25, 0.3) is 0 Å². The standard InChI is InChI=1S/C30H44/c1-3-5-6-7-8-9-10-12-26-15-19-28(20-16-26)30-23-21-29(22-24-30)27-17-13-25(11-4-2)14-18-27/h15-16,19-25,27H,3-14,17-18H2,1-2H3. The first-order valence-corrected chi connectivity index (χ1v) is 13.0. The number of rotatable bonds is 12. The number of hydrogen-bond acceptors (Lipinski definition) is 0. The minimum atomic E-state index is 0.788. The Labute approximate surface area is 186 Å². The molecule has 0 amide bonds. The highest BCUT2D eigenvalue weighted by atomic mass is 14.3. The van der Waals surface area contributed by atoms with E-state index < -0.39 is 0 Å². The molecule has 164 valence electrons. The Balaban J connectivity index is 1.44. The molecule has 0 heteroatoms. The van der Waals surface area contributed by atoms with Crippen LogP contribution in [-0.4, -0.2) is 0 Å². The van der Waals surface area contributed by atoms with Crippen LogP contribution in [0.15, 0.2) is 48.5 Å². The van der Waals surface area contributed by atoms with Crippen LogP contribution in [0.25, 0.3) is 11.1 Å². The van der Waals surface area contributed by atoms with Gasteiger partial charge in [-0.05, 0) is 72.6 Å². The van der Waals surface area contributed by atoms with Crippen molar-refractivity contribution in [2.45, 2.75) is 110 Å². The van der Waals surface area contributed by atoms with E-state index in [2.05, 4.69) is 62.4 Å². The summed E-state index contributed by atoms with van der Waals surface area (Å²) in [5.41, 5.74) is 5.77. The third kappa shape index (κ3) is 7.29. The molecule has 0 heterocycles. The Hall–Kier alpha value is -1.56. The van der Waals surface area contributed by atoms with Crippen LogP contribution in [0.3, 0.4) is 0 Å². The van der Waals surface area contributed by atoms with E-state index >= 15 is 0 Å². The molecule has 1 aliphatic rings. The molecule has 0 radical (unpaired) electrons. The molecule has 1 saturated carbocycles. The second-order valence-corrected chi connectivity index (χ2v) is 9.70. The monoisotopic (exact) mass is 404 g/mol. The SMILES string of the molecule is CCCCCCCCCc1ccc(-c2ccc(C3CCC(CCC)CC3)cc2)cc1. The van der Waals surface area contributed by atoms with Crippen LogP contribution in [0.1, 0.15) is 114 Å². The van der Waals surface area contributed by atoms with Crippen LogP contribution >= 0.6 is 0 Å². The molecule has 3 rings (SSSR count).